The molecule has 1 aliphatic carbocycles. The standard InChI is InChI=1S/C13H20N4O/c1-13(12(14)18,11-9-15-7-8-16-11)17-10-5-3-2-4-6-10/h7-10,17H,2-6H2,1H3,(H2,14,18). The van der Waals surface area contributed by atoms with Gasteiger partial charge in [0.1, 0.15) is 5.54 Å². The van der Waals surface area contributed by atoms with E-state index in [1.807, 2.05) is 0 Å². The minimum Gasteiger partial charge on any atom is -0.368 e. The minimum absolute atomic E-state index is 0.332. The molecular formula is C13H20N4O. The molecule has 1 atom stereocenters. The number of aromatic nitrogens is 2. The van der Waals surface area contributed by atoms with Gasteiger partial charge in [-0.15, -0.1) is 0 Å². The molecule has 1 aromatic heterocycles. The lowest BCUT2D eigenvalue weighted by Gasteiger charge is -2.33. The van der Waals surface area contributed by atoms with Gasteiger partial charge in [-0.3, -0.25) is 20.1 Å². The van der Waals surface area contributed by atoms with Gasteiger partial charge in [0.05, 0.1) is 11.9 Å². The normalized spacial score (nSPS) is 20.3. The largest absolute Gasteiger partial charge is 0.368 e. The molecule has 18 heavy (non-hydrogen) atoms. The molecule has 1 saturated carbocycles. The van der Waals surface area contributed by atoms with Crippen molar-refractivity contribution in [1.29, 1.82) is 0 Å². The second kappa shape index (κ2) is 5.44. The first-order valence-electron chi connectivity index (χ1n) is 6.47. The summed E-state index contributed by atoms with van der Waals surface area (Å²) in [5.74, 6) is -0.409. The monoisotopic (exact) mass is 248 g/mol. The highest BCUT2D eigenvalue weighted by atomic mass is 16.1. The van der Waals surface area contributed by atoms with Crippen molar-refractivity contribution in [2.24, 2.45) is 5.73 Å². The number of carbonyl (C=O) groups excluding carboxylic acids is 1. The molecule has 98 valence electrons. The van der Waals surface area contributed by atoms with Gasteiger partial charge < -0.3 is 5.73 Å². The highest BCUT2D eigenvalue weighted by Gasteiger charge is 2.37. The minimum atomic E-state index is -0.934. The van der Waals surface area contributed by atoms with Crippen LogP contribution in [0.3, 0.4) is 0 Å². The summed E-state index contributed by atoms with van der Waals surface area (Å²) in [5.41, 5.74) is 5.20. The van der Waals surface area contributed by atoms with Crippen LogP contribution in [0.25, 0.3) is 0 Å². The predicted octanol–water partition coefficient (Wildman–Crippen LogP) is 1.10. The Morgan fingerprint density at radius 1 is 1.39 bits per heavy atom. The molecule has 5 heteroatoms. The van der Waals surface area contributed by atoms with Crippen molar-refractivity contribution >= 4 is 5.91 Å². The summed E-state index contributed by atoms with van der Waals surface area (Å²) in [6.07, 6.45) is 10.6. The molecule has 0 saturated heterocycles. The molecule has 1 aliphatic rings. The van der Waals surface area contributed by atoms with Gasteiger partial charge in [0.2, 0.25) is 5.91 Å². The van der Waals surface area contributed by atoms with Gasteiger partial charge in [-0.05, 0) is 19.8 Å². The molecule has 1 aromatic rings. The maximum Gasteiger partial charge on any atom is 0.243 e. The van der Waals surface area contributed by atoms with Crippen LogP contribution < -0.4 is 11.1 Å². The zero-order valence-corrected chi connectivity index (χ0v) is 10.7. The zero-order valence-electron chi connectivity index (χ0n) is 10.7. The van der Waals surface area contributed by atoms with E-state index in [2.05, 4.69) is 15.3 Å². The fraction of sp³-hybridized carbons (Fsp3) is 0.615. The Bertz CT molecular complexity index is 403. The molecule has 0 bridgehead atoms. The molecule has 1 heterocycles. The van der Waals surface area contributed by atoms with E-state index >= 15 is 0 Å². The summed E-state index contributed by atoms with van der Waals surface area (Å²) in [5, 5.41) is 3.37. The Labute approximate surface area is 107 Å². The molecule has 5 nitrogen and oxygen atoms in total. The maximum atomic E-state index is 11.8. The van der Waals surface area contributed by atoms with Crippen LogP contribution in [0.4, 0.5) is 0 Å². The Balaban J connectivity index is 2.19. The summed E-state index contributed by atoms with van der Waals surface area (Å²) < 4.78 is 0. The van der Waals surface area contributed by atoms with Crippen LogP contribution in [0.5, 0.6) is 0 Å². The number of primary amides is 1. The van der Waals surface area contributed by atoms with Crippen LogP contribution in [0, 0.1) is 0 Å². The van der Waals surface area contributed by atoms with E-state index in [-0.39, 0.29) is 0 Å². The van der Waals surface area contributed by atoms with Crippen LogP contribution in [0.15, 0.2) is 18.6 Å². The first-order chi connectivity index (χ1) is 8.63. The maximum absolute atomic E-state index is 11.8. The van der Waals surface area contributed by atoms with E-state index in [0.717, 1.165) is 12.8 Å². The van der Waals surface area contributed by atoms with E-state index < -0.39 is 11.4 Å². The number of hydrogen-bond donors (Lipinski definition) is 2. The summed E-state index contributed by atoms with van der Waals surface area (Å²) in [6, 6.07) is 0.332. The fourth-order valence-electron chi connectivity index (χ4n) is 2.48. The molecule has 0 aliphatic heterocycles. The molecule has 0 aromatic carbocycles. The smallest absolute Gasteiger partial charge is 0.243 e. The second-order valence-corrected chi connectivity index (χ2v) is 5.06. The van der Waals surface area contributed by atoms with Gasteiger partial charge in [-0.2, -0.15) is 0 Å². The van der Waals surface area contributed by atoms with Crippen LogP contribution in [0.2, 0.25) is 0 Å². The lowest BCUT2D eigenvalue weighted by molar-refractivity contribution is -0.124. The first-order valence-corrected chi connectivity index (χ1v) is 6.47. The topological polar surface area (TPSA) is 80.9 Å². The molecular weight excluding hydrogens is 228 g/mol. The average molecular weight is 248 g/mol. The van der Waals surface area contributed by atoms with Gasteiger partial charge in [-0.1, -0.05) is 19.3 Å². The Kier molecular flexibility index (Phi) is 3.91. The van der Waals surface area contributed by atoms with E-state index in [4.69, 9.17) is 5.73 Å². The number of amides is 1. The molecule has 1 unspecified atom stereocenters. The lowest BCUT2D eigenvalue weighted by Crippen LogP contribution is -2.55. The first kappa shape index (κ1) is 13.0. The quantitative estimate of drug-likeness (QED) is 0.836. The fourth-order valence-corrected chi connectivity index (χ4v) is 2.48. The molecule has 3 N–H and O–H groups in total. The number of nitrogens with one attached hydrogen (secondary N) is 1. The summed E-state index contributed by atoms with van der Waals surface area (Å²) in [6.45, 7) is 1.79. The average Bonchev–Trinajstić information content (AvgIpc) is 2.40. The van der Waals surface area contributed by atoms with Crippen molar-refractivity contribution < 1.29 is 4.79 Å². The third-order valence-electron chi connectivity index (χ3n) is 3.67. The van der Waals surface area contributed by atoms with Crippen molar-refractivity contribution in [3.8, 4) is 0 Å². The number of nitrogens with zero attached hydrogens (tertiary/aromatic N) is 2. The van der Waals surface area contributed by atoms with Gasteiger partial charge in [0.25, 0.3) is 0 Å². The van der Waals surface area contributed by atoms with Gasteiger partial charge in [-0.25, -0.2) is 0 Å². The van der Waals surface area contributed by atoms with Gasteiger partial charge in [0, 0.05) is 18.4 Å². The van der Waals surface area contributed by atoms with Crippen molar-refractivity contribution in [1.82, 2.24) is 15.3 Å². The molecule has 1 amide bonds. The number of nitrogens with two attached hydrogens (primary N) is 1. The lowest BCUT2D eigenvalue weighted by atomic mass is 9.90. The van der Waals surface area contributed by atoms with E-state index in [1.165, 1.54) is 19.3 Å². The number of hydrogen-bond acceptors (Lipinski definition) is 4. The van der Waals surface area contributed by atoms with Crippen molar-refractivity contribution in [3.05, 3.63) is 24.3 Å². The van der Waals surface area contributed by atoms with Crippen molar-refractivity contribution in [3.63, 3.8) is 0 Å². The van der Waals surface area contributed by atoms with Crippen LogP contribution in [0.1, 0.15) is 44.7 Å². The van der Waals surface area contributed by atoms with Crippen LogP contribution in [-0.4, -0.2) is 21.9 Å². The Morgan fingerprint density at radius 2 is 2.11 bits per heavy atom. The number of rotatable bonds is 4. The molecule has 1 fully saturated rings. The van der Waals surface area contributed by atoms with E-state index in [9.17, 15) is 4.79 Å². The zero-order chi connectivity index (χ0) is 13.0. The van der Waals surface area contributed by atoms with Crippen LogP contribution >= 0.6 is 0 Å². The number of carbonyl (C=O) groups is 1. The predicted molar refractivity (Wildman–Crippen MR) is 68.6 cm³/mol. The summed E-state index contributed by atoms with van der Waals surface area (Å²) in [7, 11) is 0. The Morgan fingerprint density at radius 3 is 2.67 bits per heavy atom. The van der Waals surface area contributed by atoms with Gasteiger partial charge in [0.15, 0.2) is 0 Å². The Hall–Kier alpha value is -1.49. The van der Waals surface area contributed by atoms with Crippen molar-refractivity contribution in [2.45, 2.75) is 50.6 Å². The summed E-state index contributed by atoms with van der Waals surface area (Å²) in [4.78, 5) is 20.0. The van der Waals surface area contributed by atoms with Crippen molar-refractivity contribution in [2.75, 3.05) is 0 Å². The van der Waals surface area contributed by atoms with E-state index in [1.54, 1.807) is 25.5 Å². The molecule has 0 radical (unpaired) electrons. The van der Waals surface area contributed by atoms with E-state index in [0.29, 0.717) is 11.7 Å². The third kappa shape index (κ3) is 2.67. The second-order valence-electron chi connectivity index (χ2n) is 5.06. The third-order valence-corrected chi connectivity index (χ3v) is 3.67. The highest BCUT2D eigenvalue weighted by molar-refractivity contribution is 5.85. The van der Waals surface area contributed by atoms with Gasteiger partial charge >= 0.3 is 0 Å². The van der Waals surface area contributed by atoms with Crippen LogP contribution in [-0.2, 0) is 10.3 Å². The molecule has 2 rings (SSSR count). The summed E-state index contributed by atoms with van der Waals surface area (Å²) >= 11 is 0. The molecule has 0 spiro atoms. The SMILES string of the molecule is CC(NC1CCCCC1)(C(N)=O)c1cnccn1. The highest BCUT2D eigenvalue weighted by Crippen LogP contribution is 2.24.